The number of thioether (sulfide) groups is 1. The van der Waals surface area contributed by atoms with Gasteiger partial charge >= 0.3 is 0 Å². The molecule has 1 aromatic carbocycles. The molecule has 0 unspecified atom stereocenters. The number of aryl methyl sites for hydroxylation is 2. The lowest BCUT2D eigenvalue weighted by Gasteiger charge is -2.23. The molecule has 0 bridgehead atoms. The van der Waals surface area contributed by atoms with Crippen LogP contribution in [-0.2, 0) is 23.4 Å². The molecule has 0 spiro atoms. The van der Waals surface area contributed by atoms with Gasteiger partial charge in [-0.05, 0) is 49.8 Å². The van der Waals surface area contributed by atoms with Crippen LogP contribution < -0.4 is 4.90 Å². The second-order valence-electron chi connectivity index (χ2n) is 8.05. The van der Waals surface area contributed by atoms with Gasteiger partial charge < -0.3 is 9.80 Å². The predicted molar refractivity (Wildman–Crippen MR) is 125 cm³/mol. The lowest BCUT2D eigenvalue weighted by molar-refractivity contribution is -0.128. The monoisotopic (exact) mass is 438 g/mol. The van der Waals surface area contributed by atoms with Gasteiger partial charge in [-0.1, -0.05) is 18.2 Å². The summed E-state index contributed by atoms with van der Waals surface area (Å²) in [4.78, 5) is 30.4. The predicted octanol–water partition coefficient (Wildman–Crippen LogP) is 4.53. The van der Waals surface area contributed by atoms with Crippen molar-refractivity contribution in [3.05, 3.63) is 46.6 Å². The normalized spacial score (nSPS) is 15.7. The van der Waals surface area contributed by atoms with Crippen molar-refractivity contribution in [2.45, 2.75) is 42.8 Å². The highest BCUT2D eigenvalue weighted by atomic mass is 32.2. The lowest BCUT2D eigenvalue weighted by atomic mass is 10.2. The number of thiophene rings is 1. The summed E-state index contributed by atoms with van der Waals surface area (Å²) < 4.78 is 0. The van der Waals surface area contributed by atoms with Gasteiger partial charge in [0.2, 0.25) is 5.91 Å². The number of rotatable bonds is 6. The Bertz CT molecular complexity index is 1060. The minimum absolute atomic E-state index is 0.203. The number of likely N-dealkylation sites (N-methyl/N-ethyl adjacent to an activating group) is 1. The Kier molecular flexibility index (Phi) is 5.65. The van der Waals surface area contributed by atoms with E-state index in [-0.39, 0.29) is 5.91 Å². The summed E-state index contributed by atoms with van der Waals surface area (Å²) in [6.45, 7) is 2.15. The molecule has 0 N–H and O–H groups in total. The number of carbonyl (C=O) groups excluding carboxylic acids is 1. The van der Waals surface area contributed by atoms with E-state index in [1.54, 1.807) is 11.8 Å². The van der Waals surface area contributed by atoms with Crippen LogP contribution in [0.4, 0.5) is 5.82 Å². The van der Waals surface area contributed by atoms with Crippen molar-refractivity contribution in [3.8, 4) is 0 Å². The summed E-state index contributed by atoms with van der Waals surface area (Å²) in [5.41, 5.74) is 1.41. The van der Waals surface area contributed by atoms with Crippen molar-refractivity contribution in [1.29, 1.82) is 0 Å². The van der Waals surface area contributed by atoms with Gasteiger partial charge in [0.15, 0.2) is 0 Å². The summed E-state index contributed by atoms with van der Waals surface area (Å²) in [6.07, 6.45) is 5.68. The van der Waals surface area contributed by atoms with Gasteiger partial charge in [-0.2, -0.15) is 0 Å². The number of anilines is 1. The minimum Gasteiger partial charge on any atom is -0.350 e. The number of hydrogen-bond donors (Lipinski definition) is 0. The average Bonchev–Trinajstić information content (AvgIpc) is 3.49. The molecule has 2 aliphatic rings. The van der Waals surface area contributed by atoms with Crippen molar-refractivity contribution < 1.29 is 4.79 Å². The van der Waals surface area contributed by atoms with Crippen LogP contribution in [0.5, 0.6) is 0 Å². The SMILES string of the molecule is CN(CC(=O)N1CCCC1)c1nc(CSc2ccccc2)nc2sc3c(c12)CCC3. The average molecular weight is 439 g/mol. The Morgan fingerprint density at radius 2 is 1.93 bits per heavy atom. The number of carbonyl (C=O) groups is 1. The van der Waals surface area contributed by atoms with E-state index in [0.29, 0.717) is 6.54 Å². The summed E-state index contributed by atoms with van der Waals surface area (Å²) in [7, 11) is 2.00. The molecule has 1 aliphatic heterocycles. The molecule has 1 amide bonds. The van der Waals surface area contributed by atoms with Crippen LogP contribution in [0.15, 0.2) is 35.2 Å². The van der Waals surface area contributed by atoms with E-state index in [1.165, 1.54) is 27.1 Å². The van der Waals surface area contributed by atoms with E-state index in [2.05, 4.69) is 24.3 Å². The molecule has 0 atom stereocenters. The molecule has 3 heterocycles. The molecule has 156 valence electrons. The zero-order chi connectivity index (χ0) is 20.5. The third-order valence-corrected chi connectivity index (χ3v) is 8.09. The molecule has 3 aromatic rings. The molecule has 2 aromatic heterocycles. The molecule has 1 fully saturated rings. The van der Waals surface area contributed by atoms with Gasteiger partial charge in [0.05, 0.1) is 17.7 Å². The highest BCUT2D eigenvalue weighted by Crippen LogP contribution is 2.40. The molecular formula is C23H26N4OS2. The fourth-order valence-electron chi connectivity index (χ4n) is 4.37. The summed E-state index contributed by atoms with van der Waals surface area (Å²) in [5, 5.41) is 1.18. The molecule has 5 nitrogen and oxygen atoms in total. The van der Waals surface area contributed by atoms with Crippen molar-refractivity contribution in [2.24, 2.45) is 0 Å². The van der Waals surface area contributed by atoms with E-state index >= 15 is 0 Å². The Labute approximate surface area is 185 Å². The number of nitrogens with zero attached hydrogens (tertiary/aromatic N) is 4. The minimum atomic E-state index is 0.203. The van der Waals surface area contributed by atoms with Crippen molar-refractivity contribution in [3.63, 3.8) is 0 Å². The summed E-state index contributed by atoms with van der Waals surface area (Å²) in [6, 6.07) is 10.4. The molecule has 7 heteroatoms. The quantitative estimate of drug-likeness (QED) is 0.529. The Balaban J connectivity index is 1.45. The van der Waals surface area contributed by atoms with Gasteiger partial charge in [-0.3, -0.25) is 4.79 Å². The van der Waals surface area contributed by atoms with Crippen LogP contribution in [0.3, 0.4) is 0 Å². The second kappa shape index (κ2) is 8.55. The second-order valence-corrected chi connectivity index (χ2v) is 10.2. The fourth-order valence-corrected chi connectivity index (χ4v) is 6.42. The molecule has 0 saturated carbocycles. The Morgan fingerprint density at radius 1 is 1.13 bits per heavy atom. The van der Waals surface area contributed by atoms with E-state index in [1.807, 2.05) is 34.3 Å². The molecule has 1 aliphatic carbocycles. The molecule has 1 saturated heterocycles. The van der Waals surface area contributed by atoms with Crippen LogP contribution in [0.25, 0.3) is 10.2 Å². The summed E-state index contributed by atoms with van der Waals surface area (Å²) in [5.74, 6) is 2.69. The van der Waals surface area contributed by atoms with Gasteiger partial charge in [0, 0.05) is 29.9 Å². The lowest BCUT2D eigenvalue weighted by Crippen LogP contribution is -2.37. The van der Waals surface area contributed by atoms with Gasteiger partial charge in [-0.15, -0.1) is 23.1 Å². The molecule has 5 rings (SSSR count). The van der Waals surface area contributed by atoms with Gasteiger partial charge in [-0.25, -0.2) is 9.97 Å². The van der Waals surface area contributed by atoms with E-state index in [4.69, 9.17) is 9.97 Å². The van der Waals surface area contributed by atoms with Crippen LogP contribution in [-0.4, -0.2) is 47.5 Å². The largest absolute Gasteiger partial charge is 0.350 e. The van der Waals surface area contributed by atoms with Gasteiger partial charge in [0.1, 0.15) is 16.5 Å². The standard InChI is InChI=1S/C23H26N4OS2/c1-26(14-20(28)27-12-5-6-13-27)22-21-17-10-7-11-18(17)30-23(21)25-19(24-22)15-29-16-8-3-2-4-9-16/h2-4,8-9H,5-7,10-15H2,1H3. The third-order valence-electron chi connectivity index (χ3n) is 5.90. The third kappa shape index (κ3) is 3.93. The maximum absolute atomic E-state index is 12.8. The fraction of sp³-hybridized carbons (Fsp3) is 0.435. The zero-order valence-corrected chi connectivity index (χ0v) is 18.9. The Morgan fingerprint density at radius 3 is 2.73 bits per heavy atom. The first-order valence-electron chi connectivity index (χ1n) is 10.7. The van der Waals surface area contributed by atoms with Crippen molar-refractivity contribution >= 4 is 45.0 Å². The van der Waals surface area contributed by atoms with Crippen LogP contribution in [0, 0.1) is 0 Å². The van der Waals surface area contributed by atoms with Crippen molar-refractivity contribution in [1.82, 2.24) is 14.9 Å². The van der Waals surface area contributed by atoms with Crippen molar-refractivity contribution in [2.75, 3.05) is 31.6 Å². The topological polar surface area (TPSA) is 49.3 Å². The first kappa shape index (κ1) is 19.8. The van der Waals surface area contributed by atoms with E-state index in [9.17, 15) is 4.79 Å². The van der Waals surface area contributed by atoms with Crippen LogP contribution in [0.1, 0.15) is 35.5 Å². The number of aromatic nitrogens is 2. The molecule has 0 radical (unpaired) electrons. The highest BCUT2D eigenvalue weighted by Gasteiger charge is 2.26. The number of fused-ring (bicyclic) bond motifs is 3. The highest BCUT2D eigenvalue weighted by molar-refractivity contribution is 7.98. The zero-order valence-electron chi connectivity index (χ0n) is 17.3. The smallest absolute Gasteiger partial charge is 0.242 e. The van der Waals surface area contributed by atoms with E-state index < -0.39 is 0 Å². The molecule has 30 heavy (non-hydrogen) atoms. The maximum atomic E-state index is 12.8. The number of likely N-dealkylation sites (tertiary alicyclic amines) is 1. The first-order valence-corrected chi connectivity index (χ1v) is 12.5. The maximum Gasteiger partial charge on any atom is 0.242 e. The first-order chi connectivity index (χ1) is 14.7. The molecular weight excluding hydrogens is 412 g/mol. The Hall–Kier alpha value is -2.12. The number of hydrogen-bond acceptors (Lipinski definition) is 6. The van der Waals surface area contributed by atoms with Crippen LogP contribution >= 0.6 is 23.1 Å². The van der Waals surface area contributed by atoms with Gasteiger partial charge in [0.25, 0.3) is 0 Å². The summed E-state index contributed by atoms with van der Waals surface area (Å²) >= 11 is 3.57. The van der Waals surface area contributed by atoms with E-state index in [0.717, 1.165) is 61.0 Å². The van der Waals surface area contributed by atoms with Crippen LogP contribution in [0.2, 0.25) is 0 Å². The number of benzene rings is 1. The number of amides is 1.